The highest BCUT2D eigenvalue weighted by atomic mass is 16.3. The van der Waals surface area contributed by atoms with Crippen LogP contribution in [0.3, 0.4) is 0 Å². The van der Waals surface area contributed by atoms with Gasteiger partial charge in [-0.1, -0.05) is 43.7 Å². The Hall–Kier alpha value is -2.10. The molecular formula is C21H26O4. The summed E-state index contributed by atoms with van der Waals surface area (Å²) in [4.78, 5) is 0. The van der Waals surface area contributed by atoms with Crippen LogP contribution in [0.4, 0.5) is 0 Å². The van der Waals surface area contributed by atoms with Crippen LogP contribution in [0, 0.1) is 0 Å². The van der Waals surface area contributed by atoms with Gasteiger partial charge in [0.1, 0.15) is 5.75 Å². The molecule has 2 aromatic rings. The summed E-state index contributed by atoms with van der Waals surface area (Å²) in [7, 11) is 0. The molecule has 0 saturated carbocycles. The first-order valence-corrected chi connectivity index (χ1v) is 8.67. The van der Waals surface area contributed by atoms with E-state index in [0.29, 0.717) is 12.8 Å². The second-order valence-corrected chi connectivity index (χ2v) is 6.21. The lowest BCUT2D eigenvalue weighted by molar-refractivity contribution is 0.0948. The molecule has 2 rings (SSSR count). The van der Waals surface area contributed by atoms with Crippen molar-refractivity contribution in [3.05, 3.63) is 59.3 Å². The molecule has 0 aromatic heterocycles. The lowest BCUT2D eigenvalue weighted by Gasteiger charge is -2.13. The smallest absolute Gasteiger partial charge is 0.123 e. The van der Waals surface area contributed by atoms with E-state index in [9.17, 15) is 15.3 Å². The van der Waals surface area contributed by atoms with Crippen LogP contribution in [-0.4, -0.2) is 33.1 Å². The van der Waals surface area contributed by atoms with Crippen molar-refractivity contribution in [3.8, 4) is 5.75 Å². The quantitative estimate of drug-likeness (QED) is 0.553. The van der Waals surface area contributed by atoms with Crippen molar-refractivity contribution in [1.29, 1.82) is 0 Å². The van der Waals surface area contributed by atoms with E-state index in [4.69, 9.17) is 5.11 Å². The van der Waals surface area contributed by atoms with Gasteiger partial charge in [-0.15, -0.1) is 5.73 Å². The minimum atomic E-state index is -0.770. The molecule has 0 radical (unpaired) electrons. The highest BCUT2D eigenvalue weighted by molar-refractivity contribution is 5.91. The molecule has 0 aliphatic carbocycles. The van der Waals surface area contributed by atoms with Gasteiger partial charge < -0.3 is 20.4 Å². The second kappa shape index (κ2) is 9.40. The van der Waals surface area contributed by atoms with Crippen molar-refractivity contribution in [3.63, 3.8) is 0 Å². The highest BCUT2D eigenvalue weighted by Gasteiger charge is 2.12. The third-order valence-electron chi connectivity index (χ3n) is 4.19. The zero-order valence-electron chi connectivity index (χ0n) is 14.5. The van der Waals surface area contributed by atoms with E-state index in [2.05, 4.69) is 5.73 Å². The first kappa shape index (κ1) is 19.2. The molecular weight excluding hydrogens is 316 g/mol. The summed E-state index contributed by atoms with van der Waals surface area (Å²) in [5.74, 6) is 0.199. The summed E-state index contributed by atoms with van der Waals surface area (Å²) in [6.07, 6.45) is 2.81. The first-order chi connectivity index (χ1) is 12.1. The lowest BCUT2D eigenvalue weighted by atomic mass is 9.97. The molecule has 0 heterocycles. The van der Waals surface area contributed by atoms with Gasteiger partial charge in [0, 0.05) is 18.2 Å². The maximum atomic E-state index is 10.5. The zero-order valence-corrected chi connectivity index (χ0v) is 14.5. The van der Waals surface area contributed by atoms with Crippen molar-refractivity contribution in [1.82, 2.24) is 0 Å². The summed E-state index contributed by atoms with van der Waals surface area (Å²) in [5, 5.41) is 40.6. The molecule has 4 heteroatoms. The number of phenolic OH excluding ortho intramolecular Hbond substituents is 1. The average Bonchev–Trinajstić information content (AvgIpc) is 2.62. The fourth-order valence-corrected chi connectivity index (χ4v) is 2.92. The van der Waals surface area contributed by atoms with Crippen molar-refractivity contribution in [2.75, 3.05) is 6.61 Å². The number of hydrogen-bond donors (Lipinski definition) is 4. The van der Waals surface area contributed by atoms with Gasteiger partial charge in [0.15, 0.2) is 0 Å². The molecule has 134 valence electrons. The first-order valence-electron chi connectivity index (χ1n) is 8.67. The van der Waals surface area contributed by atoms with Crippen LogP contribution in [0.1, 0.15) is 44.3 Å². The van der Waals surface area contributed by atoms with E-state index < -0.39 is 12.2 Å². The largest absolute Gasteiger partial charge is 0.507 e. The number of rotatable bonds is 8. The third kappa shape index (κ3) is 5.18. The average molecular weight is 342 g/mol. The number of aromatic hydroxyl groups is 1. The molecule has 0 spiro atoms. The standard InChI is InChI=1S/C21H26O4/c1-2-6-15(13-16(23)14-22)7-5-10-20(24)19-11-12-21(25)18-9-4-3-8-17(18)19/h3-5,8-9,11-12,16,20,22-25H,2,6,10,13-14H2,1H3/t7?,16-,20-/m1/s1. The Kier molecular flexibility index (Phi) is 7.23. The molecule has 0 aliphatic rings. The topological polar surface area (TPSA) is 80.9 Å². The normalized spacial score (nSPS) is 13.3. The van der Waals surface area contributed by atoms with Crippen LogP contribution in [0.2, 0.25) is 0 Å². The van der Waals surface area contributed by atoms with E-state index in [1.807, 2.05) is 31.2 Å². The maximum absolute atomic E-state index is 10.5. The molecule has 0 bridgehead atoms. The van der Waals surface area contributed by atoms with Crippen LogP contribution in [0.5, 0.6) is 5.75 Å². The zero-order chi connectivity index (χ0) is 18.2. The molecule has 25 heavy (non-hydrogen) atoms. The van der Waals surface area contributed by atoms with E-state index in [0.717, 1.165) is 34.8 Å². The van der Waals surface area contributed by atoms with Crippen molar-refractivity contribution >= 4 is 10.8 Å². The summed E-state index contributed by atoms with van der Waals surface area (Å²) >= 11 is 0. The molecule has 0 unspecified atom stereocenters. The fraction of sp³-hybridized carbons (Fsp3) is 0.381. The van der Waals surface area contributed by atoms with E-state index in [-0.39, 0.29) is 12.4 Å². The van der Waals surface area contributed by atoms with Gasteiger partial charge in [-0.2, -0.15) is 0 Å². The van der Waals surface area contributed by atoms with E-state index >= 15 is 0 Å². The summed E-state index contributed by atoms with van der Waals surface area (Å²) in [6.45, 7) is 1.78. The Bertz CT molecular complexity index is 760. The van der Waals surface area contributed by atoms with Crippen molar-refractivity contribution in [2.45, 2.75) is 44.8 Å². The minimum Gasteiger partial charge on any atom is -0.507 e. The van der Waals surface area contributed by atoms with Crippen LogP contribution >= 0.6 is 0 Å². The number of benzene rings is 2. The molecule has 0 aliphatic heterocycles. The predicted octanol–water partition coefficient (Wildman–Crippen LogP) is 3.59. The van der Waals surface area contributed by atoms with Crippen LogP contribution in [0.25, 0.3) is 10.8 Å². The minimum absolute atomic E-state index is 0.199. The van der Waals surface area contributed by atoms with E-state index in [1.165, 1.54) is 0 Å². The lowest BCUT2D eigenvalue weighted by Crippen LogP contribution is -2.12. The Balaban J connectivity index is 2.20. The van der Waals surface area contributed by atoms with Gasteiger partial charge in [-0.05, 0) is 35.1 Å². The molecule has 4 N–H and O–H groups in total. The van der Waals surface area contributed by atoms with Crippen molar-refractivity contribution in [2.24, 2.45) is 0 Å². The van der Waals surface area contributed by atoms with E-state index in [1.54, 1.807) is 18.2 Å². The van der Waals surface area contributed by atoms with Gasteiger partial charge in [0.2, 0.25) is 0 Å². The molecule has 2 atom stereocenters. The molecule has 2 aromatic carbocycles. The second-order valence-electron chi connectivity index (χ2n) is 6.21. The predicted molar refractivity (Wildman–Crippen MR) is 99.4 cm³/mol. The number of phenols is 1. The van der Waals surface area contributed by atoms with Crippen molar-refractivity contribution < 1.29 is 20.4 Å². The number of aliphatic hydroxyl groups excluding tert-OH is 3. The Labute approximate surface area is 148 Å². The van der Waals surface area contributed by atoms with Crippen LogP contribution in [0.15, 0.2) is 53.8 Å². The number of fused-ring (bicyclic) bond motifs is 1. The van der Waals surface area contributed by atoms with Gasteiger partial charge in [0.25, 0.3) is 0 Å². The maximum Gasteiger partial charge on any atom is 0.123 e. The van der Waals surface area contributed by atoms with Gasteiger partial charge in [-0.3, -0.25) is 0 Å². The number of hydrogen-bond acceptors (Lipinski definition) is 4. The summed E-state index contributed by atoms with van der Waals surface area (Å²) < 4.78 is 0. The summed E-state index contributed by atoms with van der Waals surface area (Å²) in [6, 6.07) is 10.8. The fourth-order valence-electron chi connectivity index (χ4n) is 2.92. The van der Waals surface area contributed by atoms with Crippen LogP contribution < -0.4 is 0 Å². The summed E-state index contributed by atoms with van der Waals surface area (Å²) in [5.41, 5.74) is 4.86. The molecule has 0 amide bonds. The third-order valence-corrected chi connectivity index (χ3v) is 4.19. The Morgan fingerprint density at radius 2 is 1.84 bits per heavy atom. The Morgan fingerprint density at radius 3 is 2.52 bits per heavy atom. The SMILES string of the molecule is CCCC(=C=CC[C@@H](O)c1ccc(O)c2ccccc12)C[C@@H](O)CO. The monoisotopic (exact) mass is 342 g/mol. The molecule has 0 fully saturated rings. The van der Waals surface area contributed by atoms with Gasteiger partial charge in [-0.25, -0.2) is 0 Å². The van der Waals surface area contributed by atoms with Gasteiger partial charge >= 0.3 is 0 Å². The van der Waals surface area contributed by atoms with Gasteiger partial charge in [0.05, 0.1) is 18.8 Å². The molecule has 4 nitrogen and oxygen atoms in total. The molecule has 0 saturated heterocycles. The van der Waals surface area contributed by atoms with Crippen LogP contribution in [-0.2, 0) is 0 Å². The highest BCUT2D eigenvalue weighted by Crippen LogP contribution is 2.32. The number of aliphatic hydroxyl groups is 3. The Morgan fingerprint density at radius 1 is 1.12 bits per heavy atom.